The van der Waals surface area contributed by atoms with Crippen LogP contribution in [0.2, 0.25) is 0 Å². The molecular formula is C16H24FN. The molecular weight excluding hydrogens is 225 g/mol. The number of hydrogen-bond acceptors (Lipinski definition) is 1. The van der Waals surface area contributed by atoms with E-state index in [0.717, 1.165) is 24.1 Å². The lowest BCUT2D eigenvalue weighted by atomic mass is 9.69. The Labute approximate surface area is 110 Å². The first-order valence-corrected chi connectivity index (χ1v) is 6.88. The zero-order valence-electron chi connectivity index (χ0n) is 11.9. The van der Waals surface area contributed by atoms with Gasteiger partial charge < -0.3 is 5.32 Å². The summed E-state index contributed by atoms with van der Waals surface area (Å²) in [6, 6.07) is 5.47. The van der Waals surface area contributed by atoms with E-state index in [2.05, 4.69) is 26.1 Å². The number of aryl methyl sites for hydroxylation is 1. The van der Waals surface area contributed by atoms with Crippen LogP contribution in [-0.2, 0) is 0 Å². The van der Waals surface area contributed by atoms with Crippen LogP contribution in [0.15, 0.2) is 18.2 Å². The van der Waals surface area contributed by atoms with E-state index >= 15 is 0 Å². The van der Waals surface area contributed by atoms with Gasteiger partial charge in [0.25, 0.3) is 0 Å². The highest BCUT2D eigenvalue weighted by molar-refractivity contribution is 5.29. The Kier molecular flexibility index (Phi) is 3.76. The summed E-state index contributed by atoms with van der Waals surface area (Å²) >= 11 is 0. The third-order valence-electron chi connectivity index (χ3n) is 3.86. The van der Waals surface area contributed by atoms with Gasteiger partial charge in [-0.3, -0.25) is 0 Å². The van der Waals surface area contributed by atoms with E-state index < -0.39 is 0 Å². The quantitative estimate of drug-likeness (QED) is 0.853. The molecule has 18 heavy (non-hydrogen) atoms. The maximum atomic E-state index is 13.9. The SMILES string of the molecule is Cc1ccc(F)c(C2CCC2CNC(C)(C)C)c1. The van der Waals surface area contributed by atoms with E-state index in [0.29, 0.717) is 11.8 Å². The Hall–Kier alpha value is -0.890. The van der Waals surface area contributed by atoms with Crippen LogP contribution in [0.5, 0.6) is 0 Å². The van der Waals surface area contributed by atoms with Crippen LogP contribution in [0, 0.1) is 18.7 Å². The summed E-state index contributed by atoms with van der Waals surface area (Å²) in [6.07, 6.45) is 2.33. The van der Waals surface area contributed by atoms with Gasteiger partial charge in [-0.15, -0.1) is 0 Å². The normalized spacial score (nSPS) is 23.8. The highest BCUT2D eigenvalue weighted by Gasteiger charge is 2.34. The Morgan fingerprint density at radius 2 is 2.00 bits per heavy atom. The Balaban J connectivity index is 2.03. The van der Waals surface area contributed by atoms with Crippen molar-refractivity contribution in [3.05, 3.63) is 35.1 Å². The summed E-state index contributed by atoms with van der Waals surface area (Å²) < 4.78 is 13.9. The lowest BCUT2D eigenvalue weighted by Gasteiger charge is -2.39. The van der Waals surface area contributed by atoms with E-state index in [1.165, 1.54) is 6.42 Å². The summed E-state index contributed by atoms with van der Waals surface area (Å²) in [5.74, 6) is 0.950. The van der Waals surface area contributed by atoms with Gasteiger partial charge in [-0.25, -0.2) is 4.39 Å². The topological polar surface area (TPSA) is 12.0 Å². The largest absolute Gasteiger partial charge is 0.312 e. The van der Waals surface area contributed by atoms with Crippen molar-refractivity contribution in [3.63, 3.8) is 0 Å². The second-order valence-electron chi connectivity index (χ2n) is 6.60. The minimum Gasteiger partial charge on any atom is -0.312 e. The zero-order chi connectivity index (χ0) is 13.3. The summed E-state index contributed by atoms with van der Waals surface area (Å²) in [7, 11) is 0. The van der Waals surface area contributed by atoms with Crippen LogP contribution in [0.25, 0.3) is 0 Å². The molecule has 2 atom stereocenters. The standard InChI is InChI=1S/C16H24FN/c1-11-5-8-15(17)14(9-11)13-7-6-12(13)10-18-16(2,3)4/h5,8-9,12-13,18H,6-7,10H2,1-4H3. The first-order chi connectivity index (χ1) is 8.37. The molecule has 0 saturated heterocycles. The molecule has 1 aliphatic rings. The third kappa shape index (κ3) is 3.11. The second-order valence-corrected chi connectivity index (χ2v) is 6.60. The number of hydrogen-bond donors (Lipinski definition) is 1. The number of halogens is 1. The van der Waals surface area contributed by atoms with Crippen molar-refractivity contribution in [3.8, 4) is 0 Å². The van der Waals surface area contributed by atoms with Crippen molar-refractivity contribution < 1.29 is 4.39 Å². The Morgan fingerprint density at radius 3 is 2.56 bits per heavy atom. The molecule has 1 fully saturated rings. The fourth-order valence-corrected chi connectivity index (χ4v) is 2.61. The molecule has 100 valence electrons. The summed E-state index contributed by atoms with van der Waals surface area (Å²) in [6.45, 7) is 9.54. The lowest BCUT2D eigenvalue weighted by molar-refractivity contribution is 0.221. The van der Waals surface area contributed by atoms with Crippen LogP contribution in [0.3, 0.4) is 0 Å². The van der Waals surface area contributed by atoms with Gasteiger partial charge in [0, 0.05) is 5.54 Å². The van der Waals surface area contributed by atoms with Gasteiger partial charge in [0.2, 0.25) is 0 Å². The Bertz CT molecular complexity index is 420. The number of benzene rings is 1. The highest BCUT2D eigenvalue weighted by Crippen LogP contribution is 2.43. The average molecular weight is 249 g/mol. The van der Waals surface area contributed by atoms with Gasteiger partial charge in [-0.2, -0.15) is 0 Å². The molecule has 0 amide bonds. The smallest absolute Gasteiger partial charge is 0.126 e. The highest BCUT2D eigenvalue weighted by atomic mass is 19.1. The molecule has 1 N–H and O–H groups in total. The van der Waals surface area contributed by atoms with E-state index in [9.17, 15) is 4.39 Å². The van der Waals surface area contributed by atoms with E-state index in [-0.39, 0.29) is 11.4 Å². The van der Waals surface area contributed by atoms with Crippen molar-refractivity contribution in [2.45, 2.75) is 52.0 Å². The van der Waals surface area contributed by atoms with E-state index in [1.54, 1.807) is 6.07 Å². The fraction of sp³-hybridized carbons (Fsp3) is 0.625. The van der Waals surface area contributed by atoms with Crippen LogP contribution in [0.4, 0.5) is 4.39 Å². The molecule has 1 aliphatic carbocycles. The van der Waals surface area contributed by atoms with Crippen LogP contribution in [0.1, 0.15) is 50.7 Å². The molecule has 1 aromatic carbocycles. The van der Waals surface area contributed by atoms with E-state index in [1.807, 2.05) is 19.1 Å². The van der Waals surface area contributed by atoms with Gasteiger partial charge in [0.15, 0.2) is 0 Å². The predicted octanol–water partition coefficient (Wildman–Crippen LogP) is 4.02. The molecule has 0 radical (unpaired) electrons. The van der Waals surface area contributed by atoms with Gasteiger partial charge in [0.1, 0.15) is 5.82 Å². The molecule has 0 heterocycles. The van der Waals surface area contributed by atoms with E-state index in [4.69, 9.17) is 0 Å². The van der Waals surface area contributed by atoms with Gasteiger partial charge in [-0.1, -0.05) is 17.7 Å². The second kappa shape index (κ2) is 5.00. The molecule has 1 saturated carbocycles. The van der Waals surface area contributed by atoms with Crippen LogP contribution in [-0.4, -0.2) is 12.1 Å². The molecule has 0 bridgehead atoms. The molecule has 2 unspecified atom stereocenters. The van der Waals surface area contributed by atoms with Gasteiger partial charge in [-0.05, 0) is 70.5 Å². The van der Waals surface area contributed by atoms with Crippen molar-refractivity contribution in [1.82, 2.24) is 5.32 Å². The monoisotopic (exact) mass is 249 g/mol. The predicted molar refractivity (Wildman–Crippen MR) is 74.4 cm³/mol. The Morgan fingerprint density at radius 1 is 1.28 bits per heavy atom. The lowest BCUT2D eigenvalue weighted by Crippen LogP contribution is -2.43. The van der Waals surface area contributed by atoms with Crippen LogP contribution >= 0.6 is 0 Å². The molecule has 0 spiro atoms. The average Bonchev–Trinajstić information content (AvgIpc) is 2.20. The molecule has 0 aliphatic heterocycles. The van der Waals surface area contributed by atoms with Gasteiger partial charge >= 0.3 is 0 Å². The first-order valence-electron chi connectivity index (χ1n) is 6.88. The minimum atomic E-state index is -0.0361. The summed E-state index contributed by atoms with van der Waals surface area (Å²) in [5.41, 5.74) is 2.22. The fourth-order valence-electron chi connectivity index (χ4n) is 2.61. The third-order valence-corrected chi connectivity index (χ3v) is 3.86. The molecule has 2 rings (SSSR count). The summed E-state index contributed by atoms with van der Waals surface area (Å²) in [5, 5.41) is 3.54. The molecule has 1 nitrogen and oxygen atoms in total. The van der Waals surface area contributed by atoms with Crippen molar-refractivity contribution in [2.24, 2.45) is 5.92 Å². The van der Waals surface area contributed by atoms with Crippen molar-refractivity contribution in [1.29, 1.82) is 0 Å². The number of rotatable bonds is 3. The van der Waals surface area contributed by atoms with Crippen molar-refractivity contribution in [2.75, 3.05) is 6.54 Å². The molecule has 1 aromatic rings. The van der Waals surface area contributed by atoms with Gasteiger partial charge in [0.05, 0.1) is 0 Å². The maximum Gasteiger partial charge on any atom is 0.126 e. The molecule has 2 heteroatoms. The molecule has 0 aromatic heterocycles. The summed E-state index contributed by atoms with van der Waals surface area (Å²) in [4.78, 5) is 0. The minimum absolute atomic E-state index is 0.0361. The zero-order valence-corrected chi connectivity index (χ0v) is 11.9. The van der Waals surface area contributed by atoms with Crippen molar-refractivity contribution >= 4 is 0 Å². The first kappa shape index (κ1) is 13.5. The number of nitrogens with one attached hydrogen (secondary N) is 1. The van der Waals surface area contributed by atoms with Crippen LogP contribution < -0.4 is 5.32 Å². The maximum absolute atomic E-state index is 13.9.